The van der Waals surface area contributed by atoms with Crippen molar-refractivity contribution >= 4 is 23.2 Å². The van der Waals surface area contributed by atoms with Crippen LogP contribution >= 0.6 is 23.2 Å². The van der Waals surface area contributed by atoms with Crippen LogP contribution in [-0.4, -0.2) is 13.7 Å². The highest BCUT2D eigenvalue weighted by atomic mass is 35.5. The lowest BCUT2D eigenvalue weighted by atomic mass is 10.0. The molecular weight excluding hydrogens is 293 g/mol. The van der Waals surface area contributed by atoms with Crippen LogP contribution in [0, 0.1) is 0 Å². The smallest absolute Gasteiger partial charge is 0.126 e. The van der Waals surface area contributed by atoms with Crippen molar-refractivity contribution < 1.29 is 4.74 Å². The highest BCUT2D eigenvalue weighted by molar-refractivity contribution is 6.32. The summed E-state index contributed by atoms with van der Waals surface area (Å²) in [7, 11) is 1.65. The number of rotatable bonds is 5. The van der Waals surface area contributed by atoms with Crippen LogP contribution in [0.15, 0.2) is 36.4 Å². The highest BCUT2D eigenvalue weighted by Gasteiger charge is 2.09. The number of ether oxygens (including phenoxy) is 1. The van der Waals surface area contributed by atoms with E-state index in [4.69, 9.17) is 27.9 Å². The first kappa shape index (κ1) is 15.2. The van der Waals surface area contributed by atoms with Gasteiger partial charge in [0.1, 0.15) is 5.75 Å². The van der Waals surface area contributed by atoms with Gasteiger partial charge in [0.05, 0.1) is 7.11 Å². The van der Waals surface area contributed by atoms with Crippen LogP contribution in [-0.2, 0) is 6.54 Å². The second-order valence-corrected chi connectivity index (χ2v) is 5.27. The molecule has 4 heteroatoms. The van der Waals surface area contributed by atoms with Crippen molar-refractivity contribution in [2.75, 3.05) is 13.7 Å². The Bertz CT molecular complexity index is 599. The van der Waals surface area contributed by atoms with E-state index in [-0.39, 0.29) is 0 Å². The Hall–Kier alpha value is -1.22. The van der Waals surface area contributed by atoms with Crippen LogP contribution in [0.4, 0.5) is 0 Å². The van der Waals surface area contributed by atoms with E-state index in [9.17, 15) is 0 Å². The molecule has 0 saturated heterocycles. The Morgan fingerprint density at radius 1 is 1.10 bits per heavy atom. The van der Waals surface area contributed by atoms with Gasteiger partial charge in [0.15, 0.2) is 0 Å². The molecule has 2 rings (SSSR count). The van der Waals surface area contributed by atoms with E-state index in [1.165, 1.54) is 0 Å². The third-order valence-corrected chi connectivity index (χ3v) is 3.68. The topological polar surface area (TPSA) is 21.3 Å². The van der Waals surface area contributed by atoms with Crippen molar-refractivity contribution in [2.45, 2.75) is 13.5 Å². The Kier molecular flexibility index (Phi) is 5.30. The minimum atomic E-state index is 0.675. The first-order chi connectivity index (χ1) is 9.65. The van der Waals surface area contributed by atoms with Crippen molar-refractivity contribution in [3.63, 3.8) is 0 Å². The van der Waals surface area contributed by atoms with Gasteiger partial charge >= 0.3 is 0 Å². The summed E-state index contributed by atoms with van der Waals surface area (Å²) in [4.78, 5) is 0. The highest BCUT2D eigenvalue weighted by Crippen LogP contribution is 2.34. The summed E-state index contributed by atoms with van der Waals surface area (Å²) in [5, 5.41) is 4.68. The van der Waals surface area contributed by atoms with E-state index in [1.807, 2.05) is 36.4 Å². The summed E-state index contributed by atoms with van der Waals surface area (Å²) < 4.78 is 5.38. The molecule has 2 aromatic rings. The maximum atomic E-state index is 6.34. The van der Waals surface area contributed by atoms with Gasteiger partial charge in [0.2, 0.25) is 0 Å². The lowest BCUT2D eigenvalue weighted by molar-refractivity contribution is 0.416. The van der Waals surface area contributed by atoms with Crippen LogP contribution in [0.3, 0.4) is 0 Å². The number of methoxy groups -OCH3 is 1. The Balaban J connectivity index is 2.38. The lowest BCUT2D eigenvalue weighted by Gasteiger charge is -2.11. The van der Waals surface area contributed by atoms with E-state index in [0.29, 0.717) is 5.02 Å². The van der Waals surface area contributed by atoms with E-state index in [0.717, 1.165) is 40.6 Å². The molecule has 0 spiro atoms. The van der Waals surface area contributed by atoms with Crippen LogP contribution in [0.2, 0.25) is 10.0 Å². The van der Waals surface area contributed by atoms with E-state index >= 15 is 0 Å². The van der Waals surface area contributed by atoms with Gasteiger partial charge in [0.25, 0.3) is 0 Å². The normalized spacial score (nSPS) is 10.6. The van der Waals surface area contributed by atoms with Gasteiger partial charge in [-0.05, 0) is 41.9 Å². The summed E-state index contributed by atoms with van der Waals surface area (Å²) in [6.07, 6.45) is 0. The molecule has 0 heterocycles. The Morgan fingerprint density at radius 3 is 2.55 bits per heavy atom. The summed E-state index contributed by atoms with van der Waals surface area (Å²) in [5.41, 5.74) is 3.02. The van der Waals surface area contributed by atoms with Crippen molar-refractivity contribution in [3.8, 4) is 16.9 Å². The van der Waals surface area contributed by atoms with Crippen LogP contribution < -0.4 is 10.1 Å². The first-order valence-corrected chi connectivity index (χ1v) is 7.24. The molecule has 0 fully saturated rings. The zero-order valence-electron chi connectivity index (χ0n) is 11.5. The molecular formula is C16H17Cl2NO. The summed E-state index contributed by atoms with van der Waals surface area (Å²) in [6, 6.07) is 11.6. The molecule has 0 amide bonds. The van der Waals surface area contributed by atoms with Crippen molar-refractivity contribution in [1.82, 2.24) is 5.32 Å². The zero-order chi connectivity index (χ0) is 14.5. The van der Waals surface area contributed by atoms with E-state index in [2.05, 4.69) is 12.2 Å². The quantitative estimate of drug-likeness (QED) is 0.858. The van der Waals surface area contributed by atoms with Gasteiger partial charge in [-0.2, -0.15) is 0 Å². The molecule has 0 saturated carbocycles. The second kappa shape index (κ2) is 6.98. The molecule has 1 N–H and O–H groups in total. The minimum absolute atomic E-state index is 0.675. The fraction of sp³-hybridized carbons (Fsp3) is 0.250. The van der Waals surface area contributed by atoms with Crippen LogP contribution in [0.1, 0.15) is 12.5 Å². The van der Waals surface area contributed by atoms with Gasteiger partial charge in [-0.25, -0.2) is 0 Å². The molecule has 0 aromatic heterocycles. The van der Waals surface area contributed by atoms with E-state index in [1.54, 1.807) is 7.11 Å². The predicted octanol–water partition coefficient (Wildman–Crippen LogP) is 4.78. The van der Waals surface area contributed by atoms with Crippen molar-refractivity contribution in [2.24, 2.45) is 0 Å². The van der Waals surface area contributed by atoms with Crippen LogP contribution in [0.25, 0.3) is 11.1 Å². The Morgan fingerprint density at radius 2 is 1.90 bits per heavy atom. The number of halogens is 2. The maximum Gasteiger partial charge on any atom is 0.126 e. The minimum Gasteiger partial charge on any atom is -0.496 e. The van der Waals surface area contributed by atoms with E-state index < -0.39 is 0 Å². The molecule has 0 atom stereocenters. The zero-order valence-corrected chi connectivity index (χ0v) is 13.1. The summed E-state index contributed by atoms with van der Waals surface area (Å²) >= 11 is 12.4. The fourth-order valence-electron chi connectivity index (χ4n) is 2.02. The SMILES string of the molecule is CCNCc1ccc(-c2cc(Cl)ccc2OC)cc1Cl. The van der Waals surface area contributed by atoms with Crippen molar-refractivity contribution in [1.29, 1.82) is 0 Å². The molecule has 0 aliphatic rings. The van der Waals surface area contributed by atoms with Gasteiger partial charge in [-0.1, -0.05) is 42.3 Å². The molecule has 2 nitrogen and oxygen atoms in total. The maximum absolute atomic E-state index is 6.34. The molecule has 0 aliphatic carbocycles. The number of hydrogen-bond acceptors (Lipinski definition) is 2. The number of nitrogens with one attached hydrogen (secondary N) is 1. The molecule has 106 valence electrons. The number of benzene rings is 2. The standard InChI is InChI=1S/C16H17Cl2NO/c1-3-19-10-12-5-4-11(8-15(12)18)14-9-13(17)6-7-16(14)20-2/h4-9,19H,3,10H2,1-2H3. The molecule has 0 radical (unpaired) electrons. The van der Waals surface area contributed by atoms with Crippen LogP contribution in [0.5, 0.6) is 5.75 Å². The third-order valence-electron chi connectivity index (χ3n) is 3.09. The van der Waals surface area contributed by atoms with Crippen molar-refractivity contribution in [3.05, 3.63) is 52.0 Å². The fourth-order valence-corrected chi connectivity index (χ4v) is 2.44. The molecule has 0 bridgehead atoms. The average molecular weight is 310 g/mol. The number of hydrogen-bond donors (Lipinski definition) is 1. The average Bonchev–Trinajstić information content (AvgIpc) is 2.46. The molecule has 20 heavy (non-hydrogen) atoms. The van der Waals surface area contributed by atoms with Gasteiger partial charge in [-0.3, -0.25) is 0 Å². The lowest BCUT2D eigenvalue weighted by Crippen LogP contribution is -2.11. The van der Waals surface area contributed by atoms with Gasteiger partial charge in [-0.15, -0.1) is 0 Å². The second-order valence-electron chi connectivity index (χ2n) is 4.43. The largest absolute Gasteiger partial charge is 0.496 e. The molecule has 0 aliphatic heterocycles. The predicted molar refractivity (Wildman–Crippen MR) is 85.8 cm³/mol. The first-order valence-electron chi connectivity index (χ1n) is 6.48. The monoisotopic (exact) mass is 309 g/mol. The summed E-state index contributed by atoms with van der Waals surface area (Å²) in [5.74, 6) is 0.782. The third kappa shape index (κ3) is 3.45. The molecule has 0 unspecified atom stereocenters. The Labute approximate surface area is 129 Å². The van der Waals surface area contributed by atoms with Gasteiger partial charge in [0, 0.05) is 22.2 Å². The molecule has 2 aromatic carbocycles. The summed E-state index contributed by atoms with van der Waals surface area (Å²) in [6.45, 7) is 3.75. The van der Waals surface area contributed by atoms with Gasteiger partial charge < -0.3 is 10.1 Å².